The van der Waals surface area contributed by atoms with Crippen molar-refractivity contribution in [1.82, 2.24) is 0 Å². The number of ether oxygens (including phenoxy) is 6. The van der Waals surface area contributed by atoms with Crippen molar-refractivity contribution in [2.45, 2.75) is 0 Å². The van der Waals surface area contributed by atoms with Crippen molar-refractivity contribution in [1.29, 1.82) is 0 Å². The molecular weight excluding hydrogens is 377 g/mol. The van der Waals surface area contributed by atoms with Crippen LogP contribution in [-0.4, -0.2) is 84.3 Å². The van der Waals surface area contributed by atoms with E-state index in [1.807, 2.05) is 0 Å². The van der Waals surface area contributed by atoms with Crippen molar-refractivity contribution in [2.75, 3.05) is 79.4 Å². The third-order valence-corrected chi connectivity index (χ3v) is 3.25. The second-order valence-corrected chi connectivity index (χ2v) is 5.35. The van der Waals surface area contributed by atoms with Gasteiger partial charge in [-0.3, -0.25) is 10.1 Å². The van der Waals surface area contributed by atoms with Gasteiger partial charge in [0.15, 0.2) is 0 Å². The molecule has 0 aliphatic rings. The highest BCUT2D eigenvalue weighted by molar-refractivity contribution is 5.35. The summed E-state index contributed by atoms with van der Waals surface area (Å²) < 4.78 is 43.4. The smallest absolute Gasteiger partial charge is 0.269 e. The van der Waals surface area contributed by atoms with Crippen molar-refractivity contribution in [3.63, 3.8) is 0 Å². The zero-order chi connectivity index (χ0) is 20.3. The highest BCUT2D eigenvalue weighted by atomic mass is 19.1. The van der Waals surface area contributed by atoms with E-state index >= 15 is 0 Å². The number of hydrogen-bond donors (Lipinski definition) is 0. The molecule has 0 N–H and O–H groups in total. The lowest BCUT2D eigenvalue weighted by molar-refractivity contribution is -0.384. The van der Waals surface area contributed by atoms with Crippen LogP contribution < -0.4 is 4.74 Å². The predicted molar refractivity (Wildman–Crippen MR) is 98.7 cm³/mol. The van der Waals surface area contributed by atoms with Gasteiger partial charge in [-0.25, -0.2) is 4.39 Å². The van der Waals surface area contributed by atoms with E-state index in [0.29, 0.717) is 71.8 Å². The van der Waals surface area contributed by atoms with E-state index in [2.05, 4.69) is 0 Å². The van der Waals surface area contributed by atoms with Gasteiger partial charge in [-0.05, 0) is 12.1 Å². The first-order valence-corrected chi connectivity index (χ1v) is 9.06. The minimum absolute atomic E-state index is 0.0250. The Balaban J connectivity index is 1.79. The lowest BCUT2D eigenvalue weighted by atomic mass is 10.3. The highest BCUT2D eigenvalue weighted by Gasteiger charge is 2.04. The number of benzene rings is 1. The van der Waals surface area contributed by atoms with Crippen LogP contribution in [0.1, 0.15) is 0 Å². The topological polar surface area (TPSA) is 98.5 Å². The van der Waals surface area contributed by atoms with Gasteiger partial charge in [0.2, 0.25) is 0 Å². The zero-order valence-corrected chi connectivity index (χ0v) is 15.9. The Morgan fingerprint density at radius 1 is 0.679 bits per heavy atom. The van der Waals surface area contributed by atoms with Gasteiger partial charge >= 0.3 is 0 Å². The molecule has 9 nitrogen and oxygen atoms in total. The fourth-order valence-electron chi connectivity index (χ4n) is 1.92. The van der Waals surface area contributed by atoms with Gasteiger partial charge in [0.05, 0.1) is 71.0 Å². The number of nitro benzene ring substituents is 1. The molecule has 0 aliphatic heterocycles. The number of halogens is 1. The Kier molecular flexibility index (Phi) is 14.9. The van der Waals surface area contributed by atoms with Crippen LogP contribution in [0.4, 0.5) is 10.1 Å². The molecule has 0 fully saturated rings. The van der Waals surface area contributed by atoms with Crippen molar-refractivity contribution in [3.8, 4) is 5.75 Å². The minimum Gasteiger partial charge on any atom is -0.491 e. The van der Waals surface area contributed by atoms with Gasteiger partial charge in [0.25, 0.3) is 5.69 Å². The lowest BCUT2D eigenvalue weighted by Gasteiger charge is -2.08. The molecule has 0 spiro atoms. The van der Waals surface area contributed by atoms with Gasteiger partial charge in [0.1, 0.15) is 19.0 Å². The first-order chi connectivity index (χ1) is 13.7. The summed E-state index contributed by atoms with van der Waals surface area (Å²) in [6, 6.07) is 5.88. The average Bonchev–Trinajstić information content (AvgIpc) is 2.70. The lowest BCUT2D eigenvalue weighted by Crippen LogP contribution is -2.14. The summed E-state index contributed by atoms with van der Waals surface area (Å²) in [6.45, 7) is 3.89. The highest BCUT2D eigenvalue weighted by Crippen LogP contribution is 2.16. The van der Waals surface area contributed by atoms with Crippen LogP contribution in [0.3, 0.4) is 0 Å². The van der Waals surface area contributed by atoms with Crippen LogP contribution in [0, 0.1) is 10.1 Å². The monoisotopic (exact) mass is 405 g/mol. The normalized spacial score (nSPS) is 10.9. The summed E-state index contributed by atoms with van der Waals surface area (Å²) in [5.74, 6) is 0.555. The summed E-state index contributed by atoms with van der Waals surface area (Å²) in [4.78, 5) is 10.1. The van der Waals surface area contributed by atoms with Crippen LogP contribution in [0.15, 0.2) is 24.3 Å². The molecule has 1 aromatic carbocycles. The molecule has 0 unspecified atom stereocenters. The number of non-ortho nitro benzene ring substituents is 1. The third-order valence-electron chi connectivity index (χ3n) is 3.25. The van der Waals surface area contributed by atoms with Gasteiger partial charge in [0, 0.05) is 12.1 Å². The molecule has 0 aromatic heterocycles. The van der Waals surface area contributed by atoms with E-state index < -0.39 is 11.6 Å². The molecule has 0 bridgehead atoms. The van der Waals surface area contributed by atoms with Crippen LogP contribution in [-0.2, 0) is 23.7 Å². The van der Waals surface area contributed by atoms with E-state index in [1.165, 1.54) is 12.1 Å². The summed E-state index contributed by atoms with van der Waals surface area (Å²) in [6.07, 6.45) is 0. The zero-order valence-electron chi connectivity index (χ0n) is 15.9. The first kappa shape index (κ1) is 24.2. The largest absolute Gasteiger partial charge is 0.491 e. The van der Waals surface area contributed by atoms with E-state index in [1.54, 1.807) is 12.1 Å². The Labute approximate surface area is 163 Å². The fourth-order valence-corrected chi connectivity index (χ4v) is 1.92. The second-order valence-electron chi connectivity index (χ2n) is 5.35. The average molecular weight is 405 g/mol. The SMILES string of the molecule is O=[N+]([O-])c1ccc(OCCOCCOCCOCCOCCOCCF)cc1. The maximum absolute atomic E-state index is 11.7. The molecule has 160 valence electrons. The van der Waals surface area contributed by atoms with Crippen molar-refractivity contribution in [2.24, 2.45) is 0 Å². The summed E-state index contributed by atoms with van der Waals surface area (Å²) in [7, 11) is 0. The molecule has 0 radical (unpaired) electrons. The fraction of sp³-hybridized carbons (Fsp3) is 0.667. The van der Waals surface area contributed by atoms with Crippen molar-refractivity contribution < 1.29 is 37.7 Å². The Morgan fingerprint density at radius 3 is 1.46 bits per heavy atom. The van der Waals surface area contributed by atoms with Gasteiger partial charge < -0.3 is 28.4 Å². The molecule has 0 heterocycles. The number of hydrogen-bond acceptors (Lipinski definition) is 8. The molecule has 0 atom stereocenters. The van der Waals surface area contributed by atoms with Gasteiger partial charge in [-0.1, -0.05) is 0 Å². The van der Waals surface area contributed by atoms with Crippen LogP contribution in [0.25, 0.3) is 0 Å². The summed E-state index contributed by atoms with van der Waals surface area (Å²) >= 11 is 0. The Hall–Kier alpha value is -1.85. The molecule has 0 aliphatic carbocycles. The standard InChI is InChI=1S/C18H28FNO8/c19-5-6-23-7-8-24-9-10-25-11-12-26-13-14-27-15-16-28-18-3-1-17(2-4-18)20(21)22/h1-4H,5-16H2. The van der Waals surface area contributed by atoms with Crippen molar-refractivity contribution >= 4 is 5.69 Å². The van der Waals surface area contributed by atoms with Gasteiger partial charge in [-0.2, -0.15) is 0 Å². The number of nitrogens with zero attached hydrogens (tertiary/aromatic N) is 1. The first-order valence-electron chi connectivity index (χ1n) is 9.06. The molecule has 0 saturated heterocycles. The van der Waals surface area contributed by atoms with E-state index in [0.717, 1.165) is 0 Å². The summed E-state index contributed by atoms with van der Waals surface area (Å²) in [5.41, 5.74) is 0.0250. The van der Waals surface area contributed by atoms with Crippen LogP contribution in [0.2, 0.25) is 0 Å². The van der Waals surface area contributed by atoms with Crippen LogP contribution in [0.5, 0.6) is 5.75 Å². The molecule has 10 heteroatoms. The van der Waals surface area contributed by atoms with E-state index in [-0.39, 0.29) is 12.3 Å². The third kappa shape index (κ3) is 13.3. The molecule has 1 aromatic rings. The number of nitro groups is 1. The molecule has 0 saturated carbocycles. The van der Waals surface area contributed by atoms with E-state index in [4.69, 9.17) is 28.4 Å². The summed E-state index contributed by atoms with van der Waals surface area (Å²) in [5, 5.41) is 10.5. The van der Waals surface area contributed by atoms with Crippen molar-refractivity contribution in [3.05, 3.63) is 34.4 Å². The van der Waals surface area contributed by atoms with Crippen LogP contribution >= 0.6 is 0 Å². The molecule has 1 rings (SSSR count). The van der Waals surface area contributed by atoms with E-state index in [9.17, 15) is 14.5 Å². The quantitative estimate of drug-likeness (QED) is 0.196. The number of rotatable bonds is 19. The second kappa shape index (κ2) is 17.3. The predicted octanol–water partition coefficient (Wildman–Crippen LogP) is 2.03. The Morgan fingerprint density at radius 2 is 1.07 bits per heavy atom. The number of alkyl halides is 1. The minimum atomic E-state index is -0.482. The maximum atomic E-state index is 11.7. The molecular formula is C18H28FNO8. The van der Waals surface area contributed by atoms with Gasteiger partial charge in [-0.15, -0.1) is 0 Å². The maximum Gasteiger partial charge on any atom is 0.269 e. The molecule has 0 amide bonds. The Bertz CT molecular complexity index is 503. The molecule has 28 heavy (non-hydrogen) atoms.